The normalized spacial score (nSPS) is 14.7. The van der Waals surface area contributed by atoms with Gasteiger partial charge in [-0.2, -0.15) is 0 Å². The van der Waals surface area contributed by atoms with Crippen molar-refractivity contribution < 1.29 is 0 Å². The zero-order valence-corrected chi connectivity index (χ0v) is 13.0. The molecule has 0 amide bonds. The molecule has 0 fully saturated rings. The van der Waals surface area contributed by atoms with Crippen LogP contribution in [0.4, 0.5) is 5.82 Å². The molecule has 1 aromatic heterocycles. The molecule has 2 aromatic rings. The Morgan fingerprint density at radius 2 is 2.10 bits per heavy atom. The first-order chi connectivity index (χ1) is 10.3. The molecule has 0 unspecified atom stereocenters. The smallest absolute Gasteiger partial charge is 0.129 e. The second-order valence-corrected chi connectivity index (χ2v) is 5.87. The molecule has 2 heterocycles. The minimum atomic E-state index is 0.725. The zero-order valence-electron chi connectivity index (χ0n) is 12.3. The highest BCUT2D eigenvalue weighted by Crippen LogP contribution is 2.25. The van der Waals surface area contributed by atoms with Crippen LogP contribution in [0.5, 0.6) is 0 Å². The van der Waals surface area contributed by atoms with Crippen LogP contribution in [0.25, 0.3) is 0 Å². The van der Waals surface area contributed by atoms with Crippen molar-refractivity contribution in [1.29, 1.82) is 0 Å². The number of hydrogen-bond donors (Lipinski definition) is 1. The van der Waals surface area contributed by atoms with Crippen LogP contribution in [0, 0.1) is 0 Å². The van der Waals surface area contributed by atoms with Gasteiger partial charge in [0.05, 0.1) is 5.02 Å². The minimum Gasteiger partial charge on any atom is -0.352 e. The predicted molar refractivity (Wildman–Crippen MR) is 87.8 cm³/mol. The van der Waals surface area contributed by atoms with Crippen LogP contribution in [0.1, 0.15) is 23.1 Å². The van der Waals surface area contributed by atoms with Gasteiger partial charge >= 0.3 is 0 Å². The topological polar surface area (TPSA) is 28.2 Å². The SMILES string of the molecule is CNCc1cc(N2CCCc3ccccc3C2)ncc1Cl. The Labute approximate surface area is 131 Å². The molecule has 0 bridgehead atoms. The zero-order chi connectivity index (χ0) is 14.7. The van der Waals surface area contributed by atoms with Crippen molar-refractivity contribution >= 4 is 17.4 Å². The van der Waals surface area contributed by atoms with Gasteiger partial charge in [0, 0.05) is 25.8 Å². The van der Waals surface area contributed by atoms with Gasteiger partial charge in [0.1, 0.15) is 5.82 Å². The molecule has 1 aliphatic rings. The molecule has 0 atom stereocenters. The number of anilines is 1. The van der Waals surface area contributed by atoms with Gasteiger partial charge in [-0.3, -0.25) is 0 Å². The van der Waals surface area contributed by atoms with Crippen molar-refractivity contribution in [3.05, 3.63) is 58.2 Å². The summed E-state index contributed by atoms with van der Waals surface area (Å²) in [5.41, 5.74) is 3.97. The third kappa shape index (κ3) is 3.20. The van der Waals surface area contributed by atoms with Crippen LogP contribution < -0.4 is 10.2 Å². The van der Waals surface area contributed by atoms with Crippen LogP contribution >= 0.6 is 11.6 Å². The van der Waals surface area contributed by atoms with Crippen LogP contribution in [-0.2, 0) is 19.5 Å². The molecular formula is C17H20ClN3. The predicted octanol–water partition coefficient (Wildman–Crippen LogP) is 3.41. The Balaban J connectivity index is 1.88. The largest absolute Gasteiger partial charge is 0.352 e. The van der Waals surface area contributed by atoms with Gasteiger partial charge < -0.3 is 10.2 Å². The molecule has 1 aromatic carbocycles. The van der Waals surface area contributed by atoms with E-state index in [1.807, 2.05) is 7.05 Å². The fourth-order valence-electron chi connectivity index (χ4n) is 2.86. The summed E-state index contributed by atoms with van der Waals surface area (Å²) >= 11 is 6.21. The number of nitrogens with zero attached hydrogens (tertiary/aromatic N) is 2. The summed E-state index contributed by atoms with van der Waals surface area (Å²) in [7, 11) is 1.93. The van der Waals surface area contributed by atoms with Gasteiger partial charge in [-0.25, -0.2) is 4.98 Å². The highest BCUT2D eigenvalue weighted by molar-refractivity contribution is 6.31. The van der Waals surface area contributed by atoms with Crippen molar-refractivity contribution in [3.8, 4) is 0 Å². The second kappa shape index (κ2) is 6.46. The summed E-state index contributed by atoms with van der Waals surface area (Å²) in [4.78, 5) is 6.87. The first-order valence-electron chi connectivity index (χ1n) is 7.38. The Bertz CT molecular complexity index is 627. The first-order valence-corrected chi connectivity index (χ1v) is 7.76. The Hall–Kier alpha value is -1.58. The standard InChI is InChI=1S/C17H20ClN3/c1-19-10-15-9-17(20-11-16(15)18)21-8-4-7-13-5-2-3-6-14(13)12-21/h2-3,5-6,9,11,19H,4,7-8,10,12H2,1H3. The highest BCUT2D eigenvalue weighted by Gasteiger charge is 2.16. The van der Waals surface area contributed by atoms with Crippen molar-refractivity contribution in [2.45, 2.75) is 25.9 Å². The third-order valence-electron chi connectivity index (χ3n) is 3.97. The lowest BCUT2D eigenvalue weighted by atomic mass is 10.0. The van der Waals surface area contributed by atoms with E-state index in [0.717, 1.165) is 48.9 Å². The Kier molecular flexibility index (Phi) is 4.42. The van der Waals surface area contributed by atoms with E-state index < -0.39 is 0 Å². The van der Waals surface area contributed by atoms with E-state index in [1.165, 1.54) is 11.1 Å². The van der Waals surface area contributed by atoms with Gasteiger partial charge in [-0.15, -0.1) is 0 Å². The lowest BCUT2D eigenvalue weighted by molar-refractivity contribution is 0.750. The Morgan fingerprint density at radius 3 is 2.90 bits per heavy atom. The summed E-state index contributed by atoms with van der Waals surface area (Å²) in [6.45, 7) is 2.71. The number of fused-ring (bicyclic) bond motifs is 1. The molecular weight excluding hydrogens is 282 g/mol. The summed E-state index contributed by atoms with van der Waals surface area (Å²) in [6, 6.07) is 10.8. The quantitative estimate of drug-likeness (QED) is 0.942. The number of rotatable bonds is 3. The molecule has 0 spiro atoms. The van der Waals surface area contributed by atoms with Gasteiger partial charge in [0.15, 0.2) is 0 Å². The van der Waals surface area contributed by atoms with Crippen molar-refractivity contribution in [2.75, 3.05) is 18.5 Å². The summed E-state index contributed by atoms with van der Waals surface area (Å²) < 4.78 is 0. The van der Waals surface area contributed by atoms with Crippen LogP contribution in [0.2, 0.25) is 5.02 Å². The van der Waals surface area contributed by atoms with E-state index in [-0.39, 0.29) is 0 Å². The molecule has 4 heteroatoms. The lowest BCUT2D eigenvalue weighted by Gasteiger charge is -2.23. The number of benzene rings is 1. The number of halogens is 1. The molecule has 3 rings (SSSR count). The summed E-state index contributed by atoms with van der Waals surface area (Å²) in [5.74, 6) is 1.02. The number of pyridine rings is 1. The summed E-state index contributed by atoms with van der Waals surface area (Å²) in [5, 5.41) is 3.88. The second-order valence-electron chi connectivity index (χ2n) is 5.46. The molecule has 3 nitrogen and oxygen atoms in total. The number of aryl methyl sites for hydroxylation is 1. The van der Waals surface area contributed by atoms with Crippen molar-refractivity contribution in [2.24, 2.45) is 0 Å². The van der Waals surface area contributed by atoms with Crippen LogP contribution in [0.15, 0.2) is 36.5 Å². The van der Waals surface area contributed by atoms with Gasteiger partial charge in [0.25, 0.3) is 0 Å². The molecule has 110 valence electrons. The van der Waals surface area contributed by atoms with E-state index in [0.29, 0.717) is 0 Å². The number of hydrogen-bond acceptors (Lipinski definition) is 3. The van der Waals surface area contributed by atoms with Crippen LogP contribution in [-0.4, -0.2) is 18.6 Å². The lowest BCUT2D eigenvalue weighted by Crippen LogP contribution is -2.24. The first kappa shape index (κ1) is 14.4. The third-order valence-corrected chi connectivity index (χ3v) is 4.31. The highest BCUT2D eigenvalue weighted by atomic mass is 35.5. The fourth-order valence-corrected chi connectivity index (χ4v) is 3.03. The molecule has 0 saturated heterocycles. The van der Waals surface area contributed by atoms with E-state index in [2.05, 4.69) is 45.5 Å². The molecule has 0 saturated carbocycles. The average Bonchev–Trinajstić information content (AvgIpc) is 2.72. The number of nitrogens with one attached hydrogen (secondary N) is 1. The van der Waals surface area contributed by atoms with Gasteiger partial charge in [0.2, 0.25) is 0 Å². The van der Waals surface area contributed by atoms with Crippen LogP contribution in [0.3, 0.4) is 0 Å². The van der Waals surface area contributed by atoms with Gasteiger partial charge in [-0.05, 0) is 42.6 Å². The summed E-state index contributed by atoms with van der Waals surface area (Å²) in [6.07, 6.45) is 4.06. The van der Waals surface area contributed by atoms with Crippen molar-refractivity contribution in [3.63, 3.8) is 0 Å². The molecule has 0 aliphatic carbocycles. The maximum atomic E-state index is 6.21. The van der Waals surface area contributed by atoms with E-state index >= 15 is 0 Å². The monoisotopic (exact) mass is 301 g/mol. The molecule has 0 radical (unpaired) electrons. The fraction of sp³-hybridized carbons (Fsp3) is 0.353. The maximum Gasteiger partial charge on any atom is 0.129 e. The van der Waals surface area contributed by atoms with Crippen molar-refractivity contribution in [1.82, 2.24) is 10.3 Å². The van der Waals surface area contributed by atoms with E-state index in [4.69, 9.17) is 11.6 Å². The molecule has 21 heavy (non-hydrogen) atoms. The van der Waals surface area contributed by atoms with E-state index in [9.17, 15) is 0 Å². The minimum absolute atomic E-state index is 0.725. The maximum absolute atomic E-state index is 6.21. The van der Waals surface area contributed by atoms with Gasteiger partial charge in [-0.1, -0.05) is 35.9 Å². The Morgan fingerprint density at radius 1 is 1.29 bits per heavy atom. The number of aromatic nitrogens is 1. The molecule has 1 aliphatic heterocycles. The average molecular weight is 302 g/mol. The molecule has 1 N–H and O–H groups in total. The van der Waals surface area contributed by atoms with E-state index in [1.54, 1.807) is 6.20 Å².